The van der Waals surface area contributed by atoms with Crippen LogP contribution >= 0.6 is 11.6 Å². The van der Waals surface area contributed by atoms with Gasteiger partial charge in [0.25, 0.3) is 0 Å². The number of likely N-dealkylation sites (tertiary alicyclic amines) is 1. The number of halogens is 1. The van der Waals surface area contributed by atoms with Crippen LogP contribution in [0.15, 0.2) is 29.3 Å². The largest absolute Gasteiger partial charge is 0.373 e. The summed E-state index contributed by atoms with van der Waals surface area (Å²) in [6.45, 7) is 8.82. The quantitative estimate of drug-likeness (QED) is 0.518. The predicted octanol–water partition coefficient (Wildman–Crippen LogP) is 3.14. The van der Waals surface area contributed by atoms with Gasteiger partial charge < -0.3 is 15.4 Å². The smallest absolute Gasteiger partial charge is 0.191 e. The fourth-order valence-electron chi connectivity index (χ4n) is 5.44. The van der Waals surface area contributed by atoms with Crippen molar-refractivity contribution in [2.75, 3.05) is 52.9 Å². The fourth-order valence-corrected chi connectivity index (χ4v) is 5.64. The second kappa shape index (κ2) is 11.0. The van der Waals surface area contributed by atoms with E-state index in [0.29, 0.717) is 18.0 Å². The van der Waals surface area contributed by atoms with E-state index in [1.165, 1.54) is 37.8 Å². The van der Waals surface area contributed by atoms with Crippen LogP contribution in [0.25, 0.3) is 0 Å². The molecule has 0 bridgehead atoms. The molecule has 1 aromatic rings. The van der Waals surface area contributed by atoms with E-state index in [9.17, 15) is 0 Å². The van der Waals surface area contributed by atoms with Crippen molar-refractivity contribution in [3.63, 3.8) is 0 Å². The minimum absolute atomic E-state index is 0.234. The lowest BCUT2D eigenvalue weighted by atomic mass is 9.85. The molecule has 4 atom stereocenters. The molecule has 3 saturated heterocycles. The molecule has 0 aromatic heterocycles. The molecule has 3 aliphatic heterocycles. The van der Waals surface area contributed by atoms with Crippen molar-refractivity contribution in [3.05, 3.63) is 34.9 Å². The van der Waals surface area contributed by atoms with Crippen LogP contribution in [0, 0.1) is 5.92 Å². The molecule has 3 aliphatic rings. The maximum Gasteiger partial charge on any atom is 0.191 e. The normalized spacial score (nSPS) is 30.2. The average molecular weight is 448 g/mol. The van der Waals surface area contributed by atoms with Gasteiger partial charge in [-0.3, -0.25) is 14.8 Å². The van der Waals surface area contributed by atoms with Crippen LogP contribution < -0.4 is 10.6 Å². The van der Waals surface area contributed by atoms with Crippen LogP contribution in [0.3, 0.4) is 0 Å². The highest BCUT2D eigenvalue weighted by Gasteiger charge is 2.33. The lowest BCUT2D eigenvalue weighted by Crippen LogP contribution is -2.51. The Balaban J connectivity index is 1.37. The molecular weight excluding hydrogens is 410 g/mol. The highest BCUT2D eigenvalue weighted by molar-refractivity contribution is 6.30. The minimum atomic E-state index is 0.234. The number of guanidine groups is 1. The van der Waals surface area contributed by atoms with Crippen LogP contribution in [-0.4, -0.2) is 80.8 Å². The molecule has 31 heavy (non-hydrogen) atoms. The number of benzene rings is 1. The van der Waals surface area contributed by atoms with Crippen molar-refractivity contribution in [2.24, 2.45) is 10.9 Å². The molecule has 0 spiro atoms. The third-order valence-corrected chi connectivity index (χ3v) is 7.22. The summed E-state index contributed by atoms with van der Waals surface area (Å²) in [5.41, 5.74) is 1.30. The highest BCUT2D eigenvalue weighted by atomic mass is 35.5. The number of fused-ring (bicyclic) bond motifs is 1. The number of nitrogens with zero attached hydrogens (tertiary/aromatic N) is 3. The number of hydrogen-bond donors (Lipinski definition) is 2. The fraction of sp³-hybridized carbons (Fsp3) is 0.708. The number of morpholine rings is 1. The van der Waals surface area contributed by atoms with Gasteiger partial charge in [0, 0.05) is 43.3 Å². The third kappa shape index (κ3) is 5.92. The number of piperidine rings is 1. The molecule has 4 unspecified atom stereocenters. The second-order valence-electron chi connectivity index (χ2n) is 9.23. The summed E-state index contributed by atoms with van der Waals surface area (Å²) in [4.78, 5) is 10.0. The minimum Gasteiger partial charge on any atom is -0.373 e. The van der Waals surface area contributed by atoms with E-state index in [1.807, 2.05) is 6.07 Å². The van der Waals surface area contributed by atoms with E-state index in [0.717, 1.165) is 50.3 Å². The van der Waals surface area contributed by atoms with Gasteiger partial charge in [-0.2, -0.15) is 0 Å². The SMILES string of the molecule is CCNC(=NCC1CCCN(C)C1c1cccc(Cl)c1)NCC1CN2CCCC2CO1. The molecule has 4 rings (SSSR count). The van der Waals surface area contributed by atoms with Gasteiger partial charge in [0.1, 0.15) is 0 Å². The Morgan fingerprint density at radius 1 is 1.23 bits per heavy atom. The molecule has 7 heteroatoms. The first-order valence-corrected chi connectivity index (χ1v) is 12.4. The number of nitrogens with one attached hydrogen (secondary N) is 2. The second-order valence-corrected chi connectivity index (χ2v) is 9.67. The molecule has 172 valence electrons. The Morgan fingerprint density at radius 3 is 2.94 bits per heavy atom. The Labute approximate surface area is 192 Å². The van der Waals surface area contributed by atoms with Gasteiger partial charge in [-0.15, -0.1) is 0 Å². The molecule has 0 radical (unpaired) electrons. The van der Waals surface area contributed by atoms with Gasteiger partial charge in [0.2, 0.25) is 0 Å². The van der Waals surface area contributed by atoms with Crippen molar-refractivity contribution < 1.29 is 4.74 Å². The zero-order valence-corrected chi connectivity index (χ0v) is 19.8. The van der Waals surface area contributed by atoms with Crippen LogP contribution in [0.5, 0.6) is 0 Å². The van der Waals surface area contributed by atoms with Crippen molar-refractivity contribution in [2.45, 2.75) is 50.8 Å². The molecule has 6 nitrogen and oxygen atoms in total. The molecule has 2 N–H and O–H groups in total. The molecule has 0 aliphatic carbocycles. The van der Waals surface area contributed by atoms with Gasteiger partial charge in [-0.1, -0.05) is 23.7 Å². The summed E-state index contributed by atoms with van der Waals surface area (Å²) < 4.78 is 6.11. The van der Waals surface area contributed by atoms with Crippen molar-refractivity contribution in [1.82, 2.24) is 20.4 Å². The van der Waals surface area contributed by atoms with Gasteiger partial charge >= 0.3 is 0 Å². The summed E-state index contributed by atoms with van der Waals surface area (Å²) in [6, 6.07) is 9.32. The van der Waals surface area contributed by atoms with Gasteiger partial charge in [0.15, 0.2) is 5.96 Å². The van der Waals surface area contributed by atoms with Crippen LogP contribution in [-0.2, 0) is 4.74 Å². The monoisotopic (exact) mass is 447 g/mol. The standard InChI is InChI=1S/C24H38ClN5O/c1-3-26-24(28-15-22-16-30-12-6-10-21(30)17-31-22)27-14-19-8-5-11-29(2)23(19)18-7-4-9-20(25)13-18/h4,7,9,13,19,21-23H,3,5-6,8,10-12,14-17H2,1-2H3,(H2,26,27,28). The lowest BCUT2D eigenvalue weighted by molar-refractivity contribution is -0.0453. The zero-order valence-electron chi connectivity index (χ0n) is 19.0. The first kappa shape index (κ1) is 22.8. The summed E-state index contributed by atoms with van der Waals surface area (Å²) in [5.74, 6) is 1.37. The Hall–Kier alpha value is -1.34. The average Bonchev–Trinajstić information content (AvgIpc) is 3.23. The van der Waals surface area contributed by atoms with E-state index in [-0.39, 0.29) is 6.10 Å². The molecule has 3 heterocycles. The molecular formula is C24H38ClN5O. The van der Waals surface area contributed by atoms with Crippen LogP contribution in [0.2, 0.25) is 5.02 Å². The maximum absolute atomic E-state index is 6.30. The number of rotatable bonds is 6. The molecule has 1 aromatic carbocycles. The van der Waals surface area contributed by atoms with E-state index >= 15 is 0 Å². The number of aliphatic imine (C=N–C) groups is 1. The molecule has 0 saturated carbocycles. The van der Waals surface area contributed by atoms with Crippen LogP contribution in [0.1, 0.15) is 44.2 Å². The van der Waals surface area contributed by atoms with Gasteiger partial charge in [-0.05, 0) is 76.4 Å². The summed E-state index contributed by atoms with van der Waals surface area (Å²) in [6.07, 6.45) is 5.23. The van der Waals surface area contributed by atoms with E-state index in [1.54, 1.807) is 0 Å². The summed E-state index contributed by atoms with van der Waals surface area (Å²) >= 11 is 6.30. The van der Waals surface area contributed by atoms with Crippen molar-refractivity contribution in [1.29, 1.82) is 0 Å². The van der Waals surface area contributed by atoms with Crippen LogP contribution in [0.4, 0.5) is 0 Å². The first-order chi connectivity index (χ1) is 15.1. The topological polar surface area (TPSA) is 52.1 Å². The highest BCUT2D eigenvalue weighted by Crippen LogP contribution is 2.36. The number of hydrogen-bond acceptors (Lipinski definition) is 4. The lowest BCUT2D eigenvalue weighted by Gasteiger charge is -2.39. The Morgan fingerprint density at radius 2 is 2.10 bits per heavy atom. The maximum atomic E-state index is 6.30. The van der Waals surface area contributed by atoms with Gasteiger partial charge in [0.05, 0.1) is 12.7 Å². The summed E-state index contributed by atoms with van der Waals surface area (Å²) in [7, 11) is 2.22. The summed E-state index contributed by atoms with van der Waals surface area (Å²) in [5, 5.41) is 7.76. The Bertz CT molecular complexity index is 744. The van der Waals surface area contributed by atoms with E-state index in [2.05, 4.69) is 52.6 Å². The molecule has 0 amide bonds. The molecule has 3 fully saturated rings. The van der Waals surface area contributed by atoms with Crippen molar-refractivity contribution in [3.8, 4) is 0 Å². The predicted molar refractivity (Wildman–Crippen MR) is 128 cm³/mol. The third-order valence-electron chi connectivity index (χ3n) is 6.98. The Kier molecular flexibility index (Phi) is 8.10. The van der Waals surface area contributed by atoms with E-state index < -0.39 is 0 Å². The van der Waals surface area contributed by atoms with Crippen molar-refractivity contribution >= 4 is 17.6 Å². The van der Waals surface area contributed by atoms with Gasteiger partial charge in [-0.25, -0.2) is 0 Å². The van der Waals surface area contributed by atoms with E-state index in [4.69, 9.17) is 21.3 Å². The first-order valence-electron chi connectivity index (χ1n) is 12.0. The number of ether oxygens (including phenoxy) is 1. The zero-order chi connectivity index (χ0) is 21.6.